The van der Waals surface area contributed by atoms with E-state index in [1.165, 1.54) is 19.1 Å². The second-order valence-corrected chi connectivity index (χ2v) is 5.55. The van der Waals surface area contributed by atoms with Gasteiger partial charge >= 0.3 is 0 Å². The van der Waals surface area contributed by atoms with Crippen molar-refractivity contribution < 1.29 is 13.2 Å². The maximum Gasteiger partial charge on any atom is 0.241 e. The van der Waals surface area contributed by atoms with Crippen LogP contribution in [0.2, 0.25) is 0 Å². The van der Waals surface area contributed by atoms with Gasteiger partial charge in [0.15, 0.2) is 0 Å². The van der Waals surface area contributed by atoms with E-state index in [0.717, 1.165) is 5.56 Å². The average molecular weight is 262 g/mol. The molecule has 0 amide bonds. The van der Waals surface area contributed by atoms with Gasteiger partial charge < -0.3 is 0 Å². The third-order valence-corrected chi connectivity index (χ3v) is 3.89. The Bertz CT molecular complexity index is 481. The molecule has 0 saturated heterocycles. The number of hydrogen-bond donors (Lipinski definition) is 1. The minimum atomic E-state index is -3.68. The number of sulfonamides is 1. The highest BCUT2D eigenvalue weighted by Crippen LogP contribution is 2.10. The van der Waals surface area contributed by atoms with E-state index in [2.05, 4.69) is 4.72 Å². The van der Waals surface area contributed by atoms with Crippen LogP contribution >= 0.6 is 11.6 Å². The lowest BCUT2D eigenvalue weighted by Crippen LogP contribution is -2.36. The summed E-state index contributed by atoms with van der Waals surface area (Å²) in [6.07, 6.45) is 0. The Kier molecular flexibility index (Phi) is 4.07. The van der Waals surface area contributed by atoms with Gasteiger partial charge in [0.1, 0.15) is 0 Å². The first-order valence-corrected chi connectivity index (χ1v) is 6.47. The summed E-state index contributed by atoms with van der Waals surface area (Å²) in [4.78, 5) is 10.9. The molecule has 0 fully saturated rings. The summed E-state index contributed by atoms with van der Waals surface area (Å²) in [6.45, 7) is 3.25. The summed E-state index contributed by atoms with van der Waals surface area (Å²) in [5, 5.41) is -0.740. The second kappa shape index (κ2) is 4.95. The molecule has 0 bridgehead atoms. The number of carbonyl (C=O) groups excluding carboxylic acids is 1. The maximum absolute atomic E-state index is 11.7. The first-order valence-electron chi connectivity index (χ1n) is 4.61. The topological polar surface area (TPSA) is 63.2 Å². The Morgan fingerprint density at radius 3 is 2.25 bits per heavy atom. The van der Waals surface area contributed by atoms with Crippen LogP contribution < -0.4 is 4.72 Å². The van der Waals surface area contributed by atoms with E-state index < -0.39 is 21.3 Å². The summed E-state index contributed by atoms with van der Waals surface area (Å²) >= 11 is 5.18. The molecule has 4 nitrogen and oxygen atoms in total. The number of nitrogens with one attached hydrogen (secondary N) is 1. The van der Waals surface area contributed by atoms with E-state index in [9.17, 15) is 13.2 Å². The van der Waals surface area contributed by atoms with Gasteiger partial charge in [-0.05, 0) is 37.6 Å². The Balaban J connectivity index is 2.94. The molecule has 6 heteroatoms. The molecule has 0 aliphatic carbocycles. The normalized spacial score (nSPS) is 13.4. The zero-order chi connectivity index (χ0) is 12.3. The fourth-order valence-electron chi connectivity index (χ4n) is 1.06. The lowest BCUT2D eigenvalue weighted by atomic mass is 10.2. The van der Waals surface area contributed by atoms with Crippen molar-refractivity contribution in [1.29, 1.82) is 0 Å². The Labute approximate surface area is 99.7 Å². The van der Waals surface area contributed by atoms with Crippen molar-refractivity contribution in [2.24, 2.45) is 0 Å². The number of hydrogen-bond acceptors (Lipinski definition) is 3. The van der Waals surface area contributed by atoms with Crippen molar-refractivity contribution in [1.82, 2.24) is 4.72 Å². The van der Waals surface area contributed by atoms with Gasteiger partial charge in [0.25, 0.3) is 0 Å². The van der Waals surface area contributed by atoms with Gasteiger partial charge in [-0.1, -0.05) is 17.7 Å². The summed E-state index contributed by atoms with van der Waals surface area (Å²) in [5.41, 5.74) is 0.959. The van der Waals surface area contributed by atoms with Crippen LogP contribution in [0.5, 0.6) is 0 Å². The van der Waals surface area contributed by atoms with Crippen LogP contribution in [0.3, 0.4) is 0 Å². The van der Waals surface area contributed by atoms with E-state index in [4.69, 9.17) is 11.6 Å². The van der Waals surface area contributed by atoms with Crippen LogP contribution in [0, 0.1) is 6.92 Å². The molecule has 0 spiro atoms. The Morgan fingerprint density at radius 1 is 1.31 bits per heavy atom. The van der Waals surface area contributed by atoms with Gasteiger partial charge in [-0.25, -0.2) is 8.42 Å². The molecule has 1 rings (SSSR count). The molecule has 0 aromatic heterocycles. The van der Waals surface area contributed by atoms with Crippen molar-refractivity contribution in [3.05, 3.63) is 29.8 Å². The van der Waals surface area contributed by atoms with Gasteiger partial charge in [0.2, 0.25) is 15.3 Å². The maximum atomic E-state index is 11.7. The first-order chi connectivity index (χ1) is 7.33. The standard InChI is InChI=1S/C10H12ClNO3S/c1-7-3-5-9(6-4-7)16(14,15)12-8(2)10(11)13/h3-6,8,12H,1-2H3. The molecule has 1 aromatic carbocycles. The summed E-state index contributed by atoms with van der Waals surface area (Å²) in [6, 6.07) is 5.38. The third kappa shape index (κ3) is 3.30. The lowest BCUT2D eigenvalue weighted by molar-refractivity contribution is -0.112. The van der Waals surface area contributed by atoms with E-state index in [0.29, 0.717) is 0 Å². The largest absolute Gasteiger partial charge is 0.279 e. The predicted molar refractivity (Wildman–Crippen MR) is 61.8 cm³/mol. The fraction of sp³-hybridized carbons (Fsp3) is 0.300. The molecule has 0 aliphatic rings. The monoisotopic (exact) mass is 261 g/mol. The smallest absolute Gasteiger partial charge is 0.241 e. The Morgan fingerprint density at radius 2 is 1.81 bits per heavy atom. The molecule has 16 heavy (non-hydrogen) atoms. The highest BCUT2D eigenvalue weighted by Gasteiger charge is 2.20. The second-order valence-electron chi connectivity index (χ2n) is 3.46. The quantitative estimate of drug-likeness (QED) is 0.834. The number of aryl methyl sites for hydroxylation is 1. The molecule has 1 aromatic rings. The van der Waals surface area contributed by atoms with Crippen LogP contribution in [0.1, 0.15) is 12.5 Å². The van der Waals surface area contributed by atoms with Crippen molar-refractivity contribution in [2.75, 3.05) is 0 Å². The average Bonchev–Trinajstić information content (AvgIpc) is 2.17. The van der Waals surface area contributed by atoms with Gasteiger partial charge in [0, 0.05) is 0 Å². The third-order valence-electron chi connectivity index (χ3n) is 2.00. The van der Waals surface area contributed by atoms with E-state index in [1.807, 2.05) is 6.92 Å². The fourth-order valence-corrected chi connectivity index (χ4v) is 2.39. The number of halogens is 1. The number of rotatable bonds is 4. The van der Waals surface area contributed by atoms with Crippen LogP contribution in [0.4, 0.5) is 0 Å². The van der Waals surface area contributed by atoms with Gasteiger partial charge in [-0.3, -0.25) is 4.79 Å². The van der Waals surface area contributed by atoms with E-state index >= 15 is 0 Å². The molecule has 0 saturated carbocycles. The number of benzene rings is 1. The molecule has 1 unspecified atom stereocenters. The van der Waals surface area contributed by atoms with Crippen LogP contribution in [0.15, 0.2) is 29.2 Å². The SMILES string of the molecule is Cc1ccc(S(=O)(=O)NC(C)C(=O)Cl)cc1. The van der Waals surface area contributed by atoms with Gasteiger partial charge in [-0.15, -0.1) is 0 Å². The van der Waals surface area contributed by atoms with Gasteiger partial charge in [0.05, 0.1) is 10.9 Å². The summed E-state index contributed by atoms with van der Waals surface area (Å²) in [7, 11) is -3.68. The van der Waals surface area contributed by atoms with Crippen LogP contribution in [-0.4, -0.2) is 19.7 Å². The molecular formula is C10H12ClNO3S. The molecular weight excluding hydrogens is 250 g/mol. The number of carbonyl (C=O) groups is 1. The minimum Gasteiger partial charge on any atom is -0.279 e. The molecule has 1 N–H and O–H groups in total. The summed E-state index contributed by atoms with van der Waals surface area (Å²) in [5.74, 6) is 0. The van der Waals surface area contributed by atoms with Crippen molar-refractivity contribution in [2.45, 2.75) is 24.8 Å². The highest BCUT2D eigenvalue weighted by atomic mass is 35.5. The van der Waals surface area contributed by atoms with Crippen molar-refractivity contribution in [3.63, 3.8) is 0 Å². The van der Waals surface area contributed by atoms with Crippen molar-refractivity contribution >= 4 is 26.9 Å². The molecule has 0 heterocycles. The van der Waals surface area contributed by atoms with E-state index in [1.54, 1.807) is 12.1 Å². The Hall–Kier alpha value is -0.910. The predicted octanol–water partition coefficient (Wildman–Crippen LogP) is 1.43. The zero-order valence-corrected chi connectivity index (χ0v) is 10.5. The van der Waals surface area contributed by atoms with Gasteiger partial charge in [-0.2, -0.15) is 4.72 Å². The summed E-state index contributed by atoms with van der Waals surface area (Å²) < 4.78 is 25.7. The van der Waals surface area contributed by atoms with Crippen LogP contribution in [-0.2, 0) is 14.8 Å². The molecule has 1 atom stereocenters. The molecule has 0 aliphatic heterocycles. The van der Waals surface area contributed by atoms with Crippen LogP contribution in [0.25, 0.3) is 0 Å². The van der Waals surface area contributed by atoms with Crippen molar-refractivity contribution in [3.8, 4) is 0 Å². The lowest BCUT2D eigenvalue weighted by Gasteiger charge is -2.10. The zero-order valence-electron chi connectivity index (χ0n) is 8.90. The minimum absolute atomic E-state index is 0.114. The first kappa shape index (κ1) is 13.2. The molecule has 88 valence electrons. The highest BCUT2D eigenvalue weighted by molar-refractivity contribution is 7.89. The molecule has 0 radical (unpaired) electrons. The van der Waals surface area contributed by atoms with E-state index in [-0.39, 0.29) is 4.90 Å².